The third kappa shape index (κ3) is 5.25. The lowest BCUT2D eigenvalue weighted by molar-refractivity contribution is 0.660. The van der Waals surface area contributed by atoms with Crippen molar-refractivity contribution in [1.29, 1.82) is 0 Å². The van der Waals surface area contributed by atoms with Gasteiger partial charge in [-0.15, -0.1) is 0 Å². The van der Waals surface area contributed by atoms with Crippen LogP contribution < -0.4 is 4.90 Å². The zero-order valence-electron chi connectivity index (χ0n) is 32.0. The van der Waals surface area contributed by atoms with E-state index in [1.54, 1.807) is 0 Å². The summed E-state index contributed by atoms with van der Waals surface area (Å²) in [5.74, 6) is 0. The Bertz CT molecular complexity index is 3110. The molecule has 0 spiro atoms. The quantitative estimate of drug-likeness (QED) is 0.165. The molecular formula is C55H40N2. The summed E-state index contributed by atoms with van der Waals surface area (Å²) in [5.41, 5.74) is 16.8. The maximum atomic E-state index is 2.49. The first kappa shape index (κ1) is 33.2. The summed E-state index contributed by atoms with van der Waals surface area (Å²) in [6.07, 6.45) is 0. The minimum Gasteiger partial charge on any atom is -0.310 e. The number of hydrogen-bond donors (Lipinski definition) is 0. The third-order valence-electron chi connectivity index (χ3n) is 12.2. The fourth-order valence-corrected chi connectivity index (χ4v) is 9.45. The molecule has 0 aliphatic heterocycles. The summed E-state index contributed by atoms with van der Waals surface area (Å²) < 4.78 is 2.42. The standard InChI is InChI=1S/C55H40N2/c1-55(2)50-27-11-8-23-46(50)47-33-31-42(36-51(47)55)56(40-20-15-21-41(35-40)57-52-28-12-9-24-48(52)49-25-10-13-29-53(49)57)54-34-39(30-32-45(54)38-16-4-3-5-17-38)44-26-14-19-37-18-6-7-22-43(37)44/h3-36H,1-2H3. The third-order valence-corrected chi connectivity index (χ3v) is 12.2. The highest BCUT2D eigenvalue weighted by atomic mass is 15.1. The summed E-state index contributed by atoms with van der Waals surface area (Å²) in [7, 11) is 0. The first-order valence-corrected chi connectivity index (χ1v) is 19.9. The Morgan fingerprint density at radius 1 is 0.386 bits per heavy atom. The number of anilines is 3. The van der Waals surface area contributed by atoms with Gasteiger partial charge in [0.25, 0.3) is 0 Å². The molecule has 0 fully saturated rings. The lowest BCUT2D eigenvalue weighted by atomic mass is 9.82. The van der Waals surface area contributed by atoms with E-state index in [0.29, 0.717) is 0 Å². The number of benzene rings is 9. The lowest BCUT2D eigenvalue weighted by Crippen LogP contribution is -2.17. The molecule has 1 aliphatic rings. The van der Waals surface area contributed by atoms with Crippen LogP contribution in [0, 0.1) is 0 Å². The predicted molar refractivity (Wildman–Crippen MR) is 241 cm³/mol. The van der Waals surface area contributed by atoms with Gasteiger partial charge in [-0.1, -0.05) is 172 Å². The molecule has 0 saturated carbocycles. The maximum Gasteiger partial charge on any atom is 0.0546 e. The molecule has 1 aromatic heterocycles. The van der Waals surface area contributed by atoms with E-state index in [1.165, 1.54) is 77.1 Å². The first-order valence-electron chi connectivity index (χ1n) is 19.9. The molecule has 10 aromatic rings. The van der Waals surface area contributed by atoms with Crippen molar-refractivity contribution in [2.45, 2.75) is 19.3 Å². The Kier molecular flexibility index (Phi) is 7.55. The van der Waals surface area contributed by atoms with E-state index in [4.69, 9.17) is 0 Å². The van der Waals surface area contributed by atoms with Crippen LogP contribution in [-0.2, 0) is 5.41 Å². The monoisotopic (exact) mass is 728 g/mol. The summed E-state index contributed by atoms with van der Waals surface area (Å²) in [4.78, 5) is 2.49. The van der Waals surface area contributed by atoms with E-state index in [9.17, 15) is 0 Å². The predicted octanol–water partition coefficient (Wildman–Crippen LogP) is 15.0. The van der Waals surface area contributed by atoms with Gasteiger partial charge in [0.1, 0.15) is 0 Å². The molecule has 0 amide bonds. The van der Waals surface area contributed by atoms with Gasteiger partial charge in [-0.05, 0) is 98.2 Å². The zero-order valence-corrected chi connectivity index (χ0v) is 32.0. The molecule has 57 heavy (non-hydrogen) atoms. The van der Waals surface area contributed by atoms with Crippen molar-refractivity contribution in [2.75, 3.05) is 4.90 Å². The van der Waals surface area contributed by atoms with Gasteiger partial charge in [0.2, 0.25) is 0 Å². The molecule has 1 heterocycles. The molecule has 11 rings (SSSR count). The number of hydrogen-bond acceptors (Lipinski definition) is 1. The molecule has 2 heteroatoms. The molecule has 0 saturated heterocycles. The van der Waals surface area contributed by atoms with Gasteiger partial charge in [0.15, 0.2) is 0 Å². The fraction of sp³-hybridized carbons (Fsp3) is 0.0545. The summed E-state index contributed by atoms with van der Waals surface area (Å²) in [6.45, 7) is 4.73. The largest absolute Gasteiger partial charge is 0.310 e. The van der Waals surface area contributed by atoms with Crippen LogP contribution in [0.1, 0.15) is 25.0 Å². The van der Waals surface area contributed by atoms with Crippen molar-refractivity contribution in [3.8, 4) is 39.1 Å². The van der Waals surface area contributed by atoms with E-state index in [0.717, 1.165) is 22.7 Å². The molecule has 0 N–H and O–H groups in total. The van der Waals surface area contributed by atoms with E-state index < -0.39 is 0 Å². The van der Waals surface area contributed by atoms with Crippen molar-refractivity contribution in [3.05, 3.63) is 217 Å². The summed E-state index contributed by atoms with van der Waals surface area (Å²) in [5, 5.41) is 4.99. The second-order valence-corrected chi connectivity index (χ2v) is 15.8. The zero-order chi connectivity index (χ0) is 38.1. The van der Waals surface area contributed by atoms with Crippen LogP contribution in [0.3, 0.4) is 0 Å². The Hall–Kier alpha value is -7.16. The fourth-order valence-electron chi connectivity index (χ4n) is 9.45. The summed E-state index contributed by atoms with van der Waals surface area (Å²) in [6, 6.07) is 75.8. The van der Waals surface area contributed by atoms with Crippen molar-refractivity contribution in [3.63, 3.8) is 0 Å². The van der Waals surface area contributed by atoms with Gasteiger partial charge in [0, 0.05) is 38.8 Å². The van der Waals surface area contributed by atoms with Gasteiger partial charge < -0.3 is 9.47 Å². The smallest absolute Gasteiger partial charge is 0.0546 e. The Balaban J connectivity index is 1.19. The minimum absolute atomic E-state index is 0.147. The Morgan fingerprint density at radius 2 is 0.982 bits per heavy atom. The highest BCUT2D eigenvalue weighted by Gasteiger charge is 2.36. The summed E-state index contributed by atoms with van der Waals surface area (Å²) >= 11 is 0. The van der Waals surface area contributed by atoms with Crippen LogP contribution in [0.25, 0.3) is 71.6 Å². The molecule has 9 aromatic carbocycles. The molecule has 270 valence electrons. The van der Waals surface area contributed by atoms with Crippen LogP contribution >= 0.6 is 0 Å². The number of fused-ring (bicyclic) bond motifs is 7. The minimum atomic E-state index is -0.147. The normalized spacial score (nSPS) is 12.9. The van der Waals surface area contributed by atoms with Crippen LogP contribution in [-0.4, -0.2) is 4.57 Å². The molecule has 1 aliphatic carbocycles. The van der Waals surface area contributed by atoms with Gasteiger partial charge in [0.05, 0.1) is 16.7 Å². The topological polar surface area (TPSA) is 8.17 Å². The first-order chi connectivity index (χ1) is 28.0. The Labute approximate surface area is 333 Å². The van der Waals surface area contributed by atoms with Gasteiger partial charge in [-0.25, -0.2) is 0 Å². The average molecular weight is 729 g/mol. The van der Waals surface area contributed by atoms with Crippen LogP contribution in [0.5, 0.6) is 0 Å². The van der Waals surface area contributed by atoms with E-state index in [2.05, 4.69) is 230 Å². The molecule has 0 atom stereocenters. The molecule has 0 bridgehead atoms. The lowest BCUT2D eigenvalue weighted by Gasteiger charge is -2.31. The number of aromatic nitrogens is 1. The van der Waals surface area contributed by atoms with Gasteiger partial charge >= 0.3 is 0 Å². The number of nitrogens with zero attached hydrogens (tertiary/aromatic N) is 2. The second kappa shape index (κ2) is 13.0. The number of rotatable bonds is 6. The van der Waals surface area contributed by atoms with Crippen LogP contribution in [0.4, 0.5) is 17.1 Å². The molecule has 2 nitrogen and oxygen atoms in total. The average Bonchev–Trinajstić information content (AvgIpc) is 3.72. The van der Waals surface area contributed by atoms with Gasteiger partial charge in [-0.2, -0.15) is 0 Å². The maximum absolute atomic E-state index is 2.49. The van der Waals surface area contributed by atoms with Crippen LogP contribution in [0.2, 0.25) is 0 Å². The molecule has 0 unspecified atom stereocenters. The van der Waals surface area contributed by atoms with E-state index in [1.807, 2.05) is 0 Å². The number of para-hydroxylation sites is 2. The van der Waals surface area contributed by atoms with Crippen LogP contribution in [0.15, 0.2) is 206 Å². The molecule has 0 radical (unpaired) electrons. The highest BCUT2D eigenvalue weighted by molar-refractivity contribution is 6.09. The van der Waals surface area contributed by atoms with E-state index >= 15 is 0 Å². The Morgan fingerprint density at radius 3 is 1.79 bits per heavy atom. The van der Waals surface area contributed by atoms with Crippen molar-refractivity contribution in [1.82, 2.24) is 4.57 Å². The molecular weight excluding hydrogens is 689 g/mol. The van der Waals surface area contributed by atoms with Crippen molar-refractivity contribution < 1.29 is 0 Å². The van der Waals surface area contributed by atoms with Crippen molar-refractivity contribution >= 4 is 49.6 Å². The van der Waals surface area contributed by atoms with Gasteiger partial charge in [-0.3, -0.25) is 0 Å². The highest BCUT2D eigenvalue weighted by Crippen LogP contribution is 2.52. The van der Waals surface area contributed by atoms with Crippen molar-refractivity contribution in [2.24, 2.45) is 0 Å². The second-order valence-electron chi connectivity index (χ2n) is 15.8. The SMILES string of the molecule is CC1(C)c2ccccc2-c2ccc(N(c3cccc(-n4c5ccccc5c5ccccc54)c3)c3cc(-c4cccc5ccccc45)ccc3-c3ccccc3)cc21. The van der Waals surface area contributed by atoms with E-state index in [-0.39, 0.29) is 5.41 Å².